The minimum Gasteiger partial charge on any atom is -0.493 e. The van der Waals surface area contributed by atoms with Crippen molar-refractivity contribution < 1.29 is 14.3 Å². The second-order valence-electron chi connectivity index (χ2n) is 5.23. The molecule has 0 fully saturated rings. The van der Waals surface area contributed by atoms with Gasteiger partial charge in [-0.1, -0.05) is 41.1 Å². The molecule has 1 heterocycles. The monoisotopic (exact) mass is 385 g/mol. The summed E-state index contributed by atoms with van der Waals surface area (Å²) in [5, 5.41) is 0. The van der Waals surface area contributed by atoms with Crippen molar-refractivity contribution in [2.45, 2.75) is 13.3 Å². The zero-order valence-corrected chi connectivity index (χ0v) is 14.7. The lowest BCUT2D eigenvalue weighted by atomic mass is 10.1. The molecule has 24 heavy (non-hydrogen) atoms. The number of para-hydroxylation sites is 1. The Kier molecular flexibility index (Phi) is 5.11. The van der Waals surface area contributed by atoms with Crippen molar-refractivity contribution >= 4 is 33.9 Å². The highest BCUT2D eigenvalue weighted by Gasteiger charge is 2.24. The van der Waals surface area contributed by atoms with Crippen LogP contribution in [0.15, 0.2) is 63.7 Å². The van der Waals surface area contributed by atoms with Crippen molar-refractivity contribution in [1.29, 1.82) is 0 Å². The van der Waals surface area contributed by atoms with E-state index in [4.69, 9.17) is 9.47 Å². The van der Waals surface area contributed by atoms with Crippen LogP contribution >= 0.6 is 15.9 Å². The van der Waals surface area contributed by atoms with Gasteiger partial charge in [0.15, 0.2) is 5.70 Å². The van der Waals surface area contributed by atoms with Gasteiger partial charge >= 0.3 is 5.97 Å². The number of halogens is 1. The Hall–Kier alpha value is -2.40. The third-order valence-corrected chi connectivity index (χ3v) is 3.91. The first-order valence-electron chi connectivity index (χ1n) is 7.67. The average molecular weight is 386 g/mol. The van der Waals surface area contributed by atoms with Crippen molar-refractivity contribution in [2.75, 3.05) is 6.61 Å². The highest BCUT2D eigenvalue weighted by atomic mass is 79.9. The zero-order valence-electron chi connectivity index (χ0n) is 13.2. The van der Waals surface area contributed by atoms with Crippen LogP contribution in [-0.4, -0.2) is 18.5 Å². The van der Waals surface area contributed by atoms with Crippen LogP contribution in [0.1, 0.15) is 24.5 Å². The van der Waals surface area contributed by atoms with E-state index in [1.54, 1.807) is 6.08 Å². The van der Waals surface area contributed by atoms with Crippen molar-refractivity contribution in [3.63, 3.8) is 0 Å². The van der Waals surface area contributed by atoms with E-state index in [9.17, 15) is 4.79 Å². The first kappa shape index (κ1) is 16.5. The van der Waals surface area contributed by atoms with Gasteiger partial charge in [-0.25, -0.2) is 9.79 Å². The minimum absolute atomic E-state index is 0.264. The van der Waals surface area contributed by atoms with E-state index < -0.39 is 5.97 Å². The SMILES string of the molecule is CCCOc1ccccc1/C=C1\N=C(c2ccc(Br)cc2)OC1=O. The van der Waals surface area contributed by atoms with Crippen LogP contribution in [0.2, 0.25) is 0 Å². The molecule has 0 bridgehead atoms. The number of esters is 1. The van der Waals surface area contributed by atoms with E-state index in [1.165, 1.54) is 0 Å². The fourth-order valence-electron chi connectivity index (χ4n) is 2.22. The number of nitrogens with zero attached hydrogens (tertiary/aromatic N) is 1. The van der Waals surface area contributed by atoms with Crippen molar-refractivity contribution in [1.82, 2.24) is 0 Å². The van der Waals surface area contributed by atoms with Gasteiger partial charge in [0.25, 0.3) is 0 Å². The molecule has 4 nitrogen and oxygen atoms in total. The Balaban J connectivity index is 1.90. The molecule has 0 atom stereocenters. The lowest BCUT2D eigenvalue weighted by Gasteiger charge is -2.07. The first-order valence-corrected chi connectivity index (χ1v) is 8.47. The van der Waals surface area contributed by atoms with E-state index in [2.05, 4.69) is 20.9 Å². The van der Waals surface area contributed by atoms with Gasteiger partial charge in [-0.2, -0.15) is 0 Å². The van der Waals surface area contributed by atoms with E-state index in [-0.39, 0.29) is 5.70 Å². The summed E-state index contributed by atoms with van der Waals surface area (Å²) in [6.07, 6.45) is 2.61. The molecule has 5 heteroatoms. The summed E-state index contributed by atoms with van der Waals surface area (Å²) in [7, 11) is 0. The van der Waals surface area contributed by atoms with Crippen LogP contribution in [0.5, 0.6) is 5.75 Å². The maximum atomic E-state index is 12.1. The summed E-state index contributed by atoms with van der Waals surface area (Å²) < 4.78 is 11.9. The molecular weight excluding hydrogens is 370 g/mol. The van der Waals surface area contributed by atoms with Crippen molar-refractivity contribution in [3.8, 4) is 5.75 Å². The number of hydrogen-bond acceptors (Lipinski definition) is 4. The summed E-state index contributed by atoms with van der Waals surface area (Å²) in [4.78, 5) is 16.4. The number of benzene rings is 2. The molecule has 3 rings (SSSR count). The minimum atomic E-state index is -0.460. The second kappa shape index (κ2) is 7.45. The molecule has 1 aliphatic rings. The van der Waals surface area contributed by atoms with Gasteiger partial charge in [0.2, 0.25) is 5.90 Å². The zero-order chi connectivity index (χ0) is 16.9. The number of rotatable bonds is 5. The number of hydrogen-bond donors (Lipinski definition) is 0. The molecule has 122 valence electrons. The van der Waals surface area contributed by atoms with Crippen LogP contribution in [-0.2, 0) is 9.53 Å². The normalized spacial score (nSPS) is 15.3. The fourth-order valence-corrected chi connectivity index (χ4v) is 2.48. The fraction of sp³-hybridized carbons (Fsp3) is 0.158. The Bertz CT molecular complexity index is 810. The molecule has 0 unspecified atom stereocenters. The summed E-state index contributed by atoms with van der Waals surface area (Å²) >= 11 is 3.38. The van der Waals surface area contributed by atoms with Gasteiger partial charge in [-0.05, 0) is 42.8 Å². The van der Waals surface area contributed by atoms with Crippen LogP contribution in [0.3, 0.4) is 0 Å². The molecular formula is C19H16BrNO3. The third kappa shape index (κ3) is 3.74. The lowest BCUT2D eigenvalue weighted by molar-refractivity contribution is -0.129. The van der Waals surface area contributed by atoms with E-state index in [0.717, 1.165) is 27.8 Å². The van der Waals surface area contributed by atoms with Gasteiger partial charge in [0, 0.05) is 15.6 Å². The molecule has 0 aromatic heterocycles. The maximum absolute atomic E-state index is 12.1. The Morgan fingerprint density at radius 2 is 1.92 bits per heavy atom. The quantitative estimate of drug-likeness (QED) is 0.558. The summed E-state index contributed by atoms with van der Waals surface area (Å²) in [6, 6.07) is 15.0. The number of ether oxygens (including phenoxy) is 2. The maximum Gasteiger partial charge on any atom is 0.363 e. The largest absolute Gasteiger partial charge is 0.493 e. The second-order valence-corrected chi connectivity index (χ2v) is 6.14. The van der Waals surface area contributed by atoms with Crippen molar-refractivity contribution in [3.05, 3.63) is 69.8 Å². The Labute approximate surface area is 148 Å². The number of carbonyl (C=O) groups is 1. The molecule has 0 amide bonds. The number of aliphatic imine (C=N–C) groups is 1. The van der Waals surface area contributed by atoms with E-state index in [1.807, 2.05) is 55.5 Å². The van der Waals surface area contributed by atoms with Crippen LogP contribution in [0, 0.1) is 0 Å². The van der Waals surface area contributed by atoms with Gasteiger partial charge < -0.3 is 9.47 Å². The highest BCUT2D eigenvalue weighted by molar-refractivity contribution is 9.10. The molecule has 0 saturated heterocycles. The van der Waals surface area contributed by atoms with E-state index >= 15 is 0 Å². The topological polar surface area (TPSA) is 47.9 Å². The third-order valence-electron chi connectivity index (χ3n) is 3.38. The summed E-state index contributed by atoms with van der Waals surface area (Å²) in [5.41, 5.74) is 1.82. The van der Waals surface area contributed by atoms with E-state index in [0.29, 0.717) is 12.5 Å². The highest BCUT2D eigenvalue weighted by Crippen LogP contribution is 2.25. The van der Waals surface area contributed by atoms with Crippen LogP contribution in [0.25, 0.3) is 6.08 Å². The summed E-state index contributed by atoms with van der Waals surface area (Å²) in [5.74, 6) is 0.580. The molecule has 0 saturated carbocycles. The smallest absolute Gasteiger partial charge is 0.363 e. The molecule has 0 radical (unpaired) electrons. The van der Waals surface area contributed by atoms with Crippen LogP contribution < -0.4 is 4.74 Å². The first-order chi connectivity index (χ1) is 11.7. The molecule has 0 N–H and O–H groups in total. The summed E-state index contributed by atoms with van der Waals surface area (Å²) in [6.45, 7) is 2.67. The number of carbonyl (C=O) groups excluding carboxylic acids is 1. The Morgan fingerprint density at radius 3 is 2.67 bits per heavy atom. The lowest BCUT2D eigenvalue weighted by Crippen LogP contribution is -2.05. The predicted octanol–water partition coefficient (Wildman–Crippen LogP) is 4.58. The van der Waals surface area contributed by atoms with Gasteiger partial charge in [0.05, 0.1) is 6.61 Å². The molecule has 2 aromatic carbocycles. The van der Waals surface area contributed by atoms with Gasteiger partial charge in [-0.3, -0.25) is 0 Å². The van der Waals surface area contributed by atoms with Gasteiger partial charge in [0.1, 0.15) is 5.75 Å². The standard InChI is InChI=1S/C19H16BrNO3/c1-2-11-23-17-6-4-3-5-14(17)12-16-19(22)24-18(21-16)13-7-9-15(20)10-8-13/h3-10,12H,2,11H2,1H3/b16-12-. The average Bonchev–Trinajstić information content (AvgIpc) is 2.95. The Morgan fingerprint density at radius 1 is 1.17 bits per heavy atom. The molecule has 0 aliphatic carbocycles. The molecule has 0 spiro atoms. The number of cyclic esters (lactones) is 1. The van der Waals surface area contributed by atoms with Crippen molar-refractivity contribution in [2.24, 2.45) is 4.99 Å². The van der Waals surface area contributed by atoms with Crippen LogP contribution in [0.4, 0.5) is 0 Å². The molecule has 2 aromatic rings. The predicted molar refractivity (Wildman–Crippen MR) is 97.0 cm³/mol. The molecule has 1 aliphatic heterocycles. The van der Waals surface area contributed by atoms with Gasteiger partial charge in [-0.15, -0.1) is 0 Å².